The molecule has 0 unspecified atom stereocenters. The summed E-state index contributed by atoms with van der Waals surface area (Å²) in [5.41, 5.74) is 2.88. The lowest BCUT2D eigenvalue weighted by atomic mass is 10.0. The van der Waals surface area contributed by atoms with Gasteiger partial charge in [-0.05, 0) is 29.8 Å². The molecule has 1 aromatic heterocycles. The SMILES string of the molecule is COc1ccc(NC(=O)c2ccn(C)c(=O)c2)cc1Cc1ccccc1. The van der Waals surface area contributed by atoms with Crippen molar-refractivity contribution < 1.29 is 9.53 Å². The summed E-state index contributed by atoms with van der Waals surface area (Å²) in [6, 6.07) is 18.5. The molecule has 0 aliphatic heterocycles. The van der Waals surface area contributed by atoms with Crippen molar-refractivity contribution in [2.24, 2.45) is 7.05 Å². The van der Waals surface area contributed by atoms with Gasteiger partial charge in [0.2, 0.25) is 0 Å². The first-order chi connectivity index (χ1) is 12.6. The minimum atomic E-state index is -0.321. The molecule has 3 rings (SSSR count). The topological polar surface area (TPSA) is 60.3 Å². The van der Waals surface area contributed by atoms with Crippen molar-refractivity contribution in [3.63, 3.8) is 0 Å². The highest BCUT2D eigenvalue weighted by molar-refractivity contribution is 6.04. The molecule has 1 N–H and O–H groups in total. The molecule has 0 aliphatic rings. The number of hydrogen-bond donors (Lipinski definition) is 1. The Morgan fingerprint density at radius 3 is 2.54 bits per heavy atom. The Hall–Kier alpha value is -3.34. The van der Waals surface area contributed by atoms with E-state index >= 15 is 0 Å². The zero-order valence-corrected chi connectivity index (χ0v) is 14.7. The number of benzene rings is 2. The van der Waals surface area contributed by atoms with E-state index in [0.717, 1.165) is 16.9 Å². The Morgan fingerprint density at radius 2 is 1.85 bits per heavy atom. The summed E-state index contributed by atoms with van der Waals surface area (Å²) in [6.07, 6.45) is 2.27. The second-order valence-electron chi connectivity index (χ2n) is 6.01. The van der Waals surface area contributed by atoms with Crippen LogP contribution in [-0.2, 0) is 13.5 Å². The summed E-state index contributed by atoms with van der Waals surface area (Å²) in [6.45, 7) is 0. The van der Waals surface area contributed by atoms with Crippen molar-refractivity contribution >= 4 is 11.6 Å². The molecule has 0 bridgehead atoms. The minimum absolute atomic E-state index is 0.225. The molecule has 2 aromatic carbocycles. The molecule has 5 nitrogen and oxygen atoms in total. The number of carbonyl (C=O) groups excluding carboxylic acids is 1. The van der Waals surface area contributed by atoms with E-state index in [-0.39, 0.29) is 11.5 Å². The van der Waals surface area contributed by atoms with E-state index in [9.17, 15) is 9.59 Å². The van der Waals surface area contributed by atoms with E-state index in [1.165, 1.54) is 10.6 Å². The largest absolute Gasteiger partial charge is 0.496 e. The molecule has 1 heterocycles. The van der Waals surface area contributed by atoms with Crippen LogP contribution >= 0.6 is 0 Å². The van der Waals surface area contributed by atoms with Crippen LogP contribution in [0.15, 0.2) is 71.7 Å². The average Bonchev–Trinajstić information content (AvgIpc) is 2.65. The lowest BCUT2D eigenvalue weighted by molar-refractivity contribution is 0.102. The Morgan fingerprint density at radius 1 is 1.08 bits per heavy atom. The maximum atomic E-state index is 12.4. The van der Waals surface area contributed by atoms with Crippen LogP contribution in [0.1, 0.15) is 21.5 Å². The van der Waals surface area contributed by atoms with Gasteiger partial charge in [-0.2, -0.15) is 0 Å². The summed E-state index contributed by atoms with van der Waals surface area (Å²) in [4.78, 5) is 24.1. The van der Waals surface area contributed by atoms with Crippen molar-refractivity contribution in [3.05, 3.63) is 93.9 Å². The van der Waals surface area contributed by atoms with Crippen LogP contribution in [0, 0.1) is 0 Å². The predicted molar refractivity (Wildman–Crippen MR) is 102 cm³/mol. The third kappa shape index (κ3) is 4.00. The molecule has 1 amide bonds. The number of rotatable bonds is 5. The summed E-state index contributed by atoms with van der Waals surface area (Å²) in [5, 5.41) is 2.84. The van der Waals surface area contributed by atoms with Gasteiger partial charge in [-0.3, -0.25) is 9.59 Å². The number of aryl methyl sites for hydroxylation is 1. The molecule has 0 aliphatic carbocycles. The molecule has 0 saturated heterocycles. The lowest BCUT2D eigenvalue weighted by Gasteiger charge is -2.12. The number of ether oxygens (including phenoxy) is 1. The Kier molecular flexibility index (Phi) is 5.17. The molecule has 0 saturated carbocycles. The molecule has 0 spiro atoms. The van der Waals surface area contributed by atoms with E-state index in [1.807, 2.05) is 42.5 Å². The number of amides is 1. The number of aromatic nitrogens is 1. The first-order valence-corrected chi connectivity index (χ1v) is 8.25. The highest BCUT2D eigenvalue weighted by atomic mass is 16.5. The Labute approximate surface area is 151 Å². The van der Waals surface area contributed by atoms with Crippen molar-refractivity contribution in [2.75, 3.05) is 12.4 Å². The van der Waals surface area contributed by atoms with E-state index in [1.54, 1.807) is 32.5 Å². The van der Waals surface area contributed by atoms with E-state index in [4.69, 9.17) is 4.74 Å². The Bertz CT molecular complexity index is 978. The number of nitrogens with one attached hydrogen (secondary N) is 1. The lowest BCUT2D eigenvalue weighted by Crippen LogP contribution is -2.20. The predicted octanol–water partition coefficient (Wildman–Crippen LogP) is 3.24. The maximum Gasteiger partial charge on any atom is 0.255 e. The van der Waals surface area contributed by atoms with Crippen LogP contribution in [0.3, 0.4) is 0 Å². The van der Waals surface area contributed by atoms with Crippen molar-refractivity contribution in [3.8, 4) is 5.75 Å². The molecular weight excluding hydrogens is 328 g/mol. The van der Waals surface area contributed by atoms with Gasteiger partial charge in [-0.25, -0.2) is 0 Å². The number of nitrogens with zero attached hydrogens (tertiary/aromatic N) is 1. The quantitative estimate of drug-likeness (QED) is 0.770. The fraction of sp³-hybridized carbons (Fsp3) is 0.143. The van der Waals surface area contributed by atoms with Crippen LogP contribution in [0.4, 0.5) is 5.69 Å². The van der Waals surface area contributed by atoms with Gasteiger partial charge >= 0.3 is 0 Å². The second kappa shape index (κ2) is 7.70. The summed E-state index contributed by atoms with van der Waals surface area (Å²) < 4.78 is 6.85. The van der Waals surface area contributed by atoms with Gasteiger partial charge in [-0.1, -0.05) is 30.3 Å². The van der Waals surface area contributed by atoms with Gasteiger partial charge in [0.15, 0.2) is 0 Å². The van der Waals surface area contributed by atoms with Crippen molar-refractivity contribution in [1.82, 2.24) is 4.57 Å². The zero-order chi connectivity index (χ0) is 18.5. The number of anilines is 1. The van der Waals surface area contributed by atoms with Gasteiger partial charge in [0.25, 0.3) is 11.5 Å². The third-order valence-electron chi connectivity index (χ3n) is 4.14. The molecule has 3 aromatic rings. The molecule has 26 heavy (non-hydrogen) atoms. The third-order valence-corrected chi connectivity index (χ3v) is 4.14. The number of methoxy groups -OCH3 is 1. The molecule has 5 heteroatoms. The van der Waals surface area contributed by atoms with Crippen LogP contribution < -0.4 is 15.6 Å². The van der Waals surface area contributed by atoms with Gasteiger partial charge < -0.3 is 14.6 Å². The summed E-state index contributed by atoms with van der Waals surface area (Å²) >= 11 is 0. The molecule has 0 fully saturated rings. The summed E-state index contributed by atoms with van der Waals surface area (Å²) in [5.74, 6) is 0.443. The molecular formula is C21H20N2O3. The van der Waals surface area contributed by atoms with Gasteiger partial charge in [0.1, 0.15) is 5.75 Å². The zero-order valence-electron chi connectivity index (χ0n) is 14.7. The second-order valence-corrected chi connectivity index (χ2v) is 6.01. The van der Waals surface area contributed by atoms with Crippen molar-refractivity contribution in [1.29, 1.82) is 0 Å². The number of pyridine rings is 1. The smallest absolute Gasteiger partial charge is 0.255 e. The fourth-order valence-electron chi connectivity index (χ4n) is 2.70. The first kappa shape index (κ1) is 17.5. The maximum absolute atomic E-state index is 12.4. The standard InChI is InChI=1S/C21H20N2O3/c1-23-11-10-16(14-20(23)24)21(25)22-18-8-9-19(26-2)17(13-18)12-15-6-4-3-5-7-15/h3-11,13-14H,12H2,1-2H3,(H,22,25). The monoisotopic (exact) mass is 348 g/mol. The van der Waals surface area contributed by atoms with Crippen LogP contribution in [0.2, 0.25) is 0 Å². The van der Waals surface area contributed by atoms with Gasteiger partial charge in [0, 0.05) is 42.5 Å². The summed E-state index contributed by atoms with van der Waals surface area (Å²) in [7, 11) is 3.27. The van der Waals surface area contributed by atoms with E-state index in [0.29, 0.717) is 17.7 Å². The fourth-order valence-corrected chi connectivity index (χ4v) is 2.70. The average molecular weight is 348 g/mol. The Balaban J connectivity index is 1.83. The molecule has 132 valence electrons. The van der Waals surface area contributed by atoms with Gasteiger partial charge in [-0.15, -0.1) is 0 Å². The normalized spacial score (nSPS) is 10.4. The van der Waals surface area contributed by atoms with E-state index in [2.05, 4.69) is 5.32 Å². The van der Waals surface area contributed by atoms with Crippen molar-refractivity contribution in [2.45, 2.75) is 6.42 Å². The highest BCUT2D eigenvalue weighted by Crippen LogP contribution is 2.25. The minimum Gasteiger partial charge on any atom is -0.496 e. The van der Waals surface area contributed by atoms with Crippen LogP contribution in [0.5, 0.6) is 5.75 Å². The number of hydrogen-bond acceptors (Lipinski definition) is 3. The van der Waals surface area contributed by atoms with Crippen LogP contribution in [0.25, 0.3) is 0 Å². The first-order valence-electron chi connectivity index (χ1n) is 8.25. The molecule has 0 radical (unpaired) electrons. The van der Waals surface area contributed by atoms with Gasteiger partial charge in [0.05, 0.1) is 7.11 Å². The highest BCUT2D eigenvalue weighted by Gasteiger charge is 2.10. The molecule has 0 atom stereocenters. The van der Waals surface area contributed by atoms with E-state index < -0.39 is 0 Å². The van der Waals surface area contributed by atoms with Crippen LogP contribution in [-0.4, -0.2) is 17.6 Å². The number of carbonyl (C=O) groups is 1.